The quantitative estimate of drug-likeness (QED) is 0.756. The van der Waals surface area contributed by atoms with Crippen LogP contribution in [0.1, 0.15) is 10.4 Å². The number of carbonyl (C=O) groups is 2. The van der Waals surface area contributed by atoms with E-state index < -0.39 is 5.97 Å². The number of anilines is 1. The number of halogens is 1. The number of carboxylic acid groups (broad SMARTS) is 1. The van der Waals surface area contributed by atoms with Crippen molar-refractivity contribution in [3.05, 3.63) is 28.8 Å². The highest BCUT2D eigenvalue weighted by Crippen LogP contribution is 2.21. The van der Waals surface area contributed by atoms with Crippen LogP contribution in [0.3, 0.4) is 0 Å². The molecule has 1 amide bonds. The average molecular weight is 304 g/mol. The highest BCUT2D eigenvalue weighted by Gasteiger charge is 2.12. The number of thioether (sulfide) groups is 1. The van der Waals surface area contributed by atoms with E-state index >= 15 is 0 Å². The second kappa shape index (κ2) is 8.04. The van der Waals surface area contributed by atoms with Crippen molar-refractivity contribution < 1.29 is 19.4 Å². The van der Waals surface area contributed by atoms with Crippen molar-refractivity contribution >= 4 is 40.9 Å². The number of methoxy groups -OCH3 is 1. The molecule has 0 aliphatic carbocycles. The number of nitrogens with one attached hydrogen (secondary N) is 1. The molecule has 104 valence electrons. The third-order valence-electron chi connectivity index (χ3n) is 2.15. The number of aromatic carboxylic acids is 1. The maximum absolute atomic E-state index is 11.7. The Kier molecular flexibility index (Phi) is 6.69. The van der Waals surface area contributed by atoms with Crippen LogP contribution in [0.4, 0.5) is 5.69 Å². The van der Waals surface area contributed by atoms with Gasteiger partial charge in [0.1, 0.15) is 0 Å². The molecule has 0 heterocycles. The van der Waals surface area contributed by atoms with Gasteiger partial charge in [0.05, 0.1) is 23.6 Å². The lowest BCUT2D eigenvalue weighted by Gasteiger charge is -2.08. The molecular formula is C12H14ClNO4S. The van der Waals surface area contributed by atoms with E-state index in [-0.39, 0.29) is 22.9 Å². The lowest BCUT2D eigenvalue weighted by Crippen LogP contribution is -2.17. The number of hydrogen-bond donors (Lipinski definition) is 2. The molecule has 5 nitrogen and oxygen atoms in total. The second-order valence-corrected chi connectivity index (χ2v) is 5.13. The van der Waals surface area contributed by atoms with Crippen LogP contribution in [0.15, 0.2) is 18.2 Å². The molecule has 0 fully saturated rings. The van der Waals surface area contributed by atoms with Gasteiger partial charge in [0.2, 0.25) is 5.91 Å². The molecule has 7 heteroatoms. The summed E-state index contributed by atoms with van der Waals surface area (Å²) in [4.78, 5) is 22.7. The first-order chi connectivity index (χ1) is 9.04. The number of amides is 1. The van der Waals surface area contributed by atoms with E-state index in [1.165, 1.54) is 30.0 Å². The first kappa shape index (κ1) is 15.8. The van der Waals surface area contributed by atoms with Crippen LogP contribution in [0, 0.1) is 0 Å². The fraction of sp³-hybridized carbons (Fsp3) is 0.333. The number of benzene rings is 1. The van der Waals surface area contributed by atoms with E-state index in [2.05, 4.69) is 5.32 Å². The molecule has 0 spiro atoms. The summed E-state index contributed by atoms with van der Waals surface area (Å²) in [6, 6.07) is 4.25. The molecule has 1 rings (SSSR count). The standard InChI is InChI=1S/C12H14ClNO4S/c1-18-4-5-19-7-11(15)14-10-6-8(13)2-3-9(10)12(16)17/h2-3,6H,4-5,7H2,1H3,(H,14,15)(H,16,17). The molecule has 1 aromatic rings. The fourth-order valence-electron chi connectivity index (χ4n) is 1.30. The zero-order valence-corrected chi connectivity index (χ0v) is 11.9. The minimum atomic E-state index is -1.11. The number of rotatable bonds is 7. The molecular weight excluding hydrogens is 290 g/mol. The third-order valence-corrected chi connectivity index (χ3v) is 3.31. The summed E-state index contributed by atoms with van der Waals surface area (Å²) in [6.07, 6.45) is 0. The Labute approximate surface area is 120 Å². The van der Waals surface area contributed by atoms with E-state index in [1.807, 2.05) is 0 Å². The zero-order chi connectivity index (χ0) is 14.3. The van der Waals surface area contributed by atoms with Crippen molar-refractivity contribution in [2.75, 3.05) is 30.5 Å². The zero-order valence-electron chi connectivity index (χ0n) is 10.3. The van der Waals surface area contributed by atoms with Crippen molar-refractivity contribution in [1.29, 1.82) is 0 Å². The predicted molar refractivity (Wildman–Crippen MR) is 76.2 cm³/mol. The van der Waals surface area contributed by atoms with E-state index in [9.17, 15) is 9.59 Å². The van der Waals surface area contributed by atoms with Gasteiger partial charge in [0, 0.05) is 17.9 Å². The van der Waals surface area contributed by atoms with Crippen molar-refractivity contribution in [2.45, 2.75) is 0 Å². The maximum atomic E-state index is 11.7. The van der Waals surface area contributed by atoms with E-state index in [0.717, 1.165) is 0 Å². The van der Waals surface area contributed by atoms with Gasteiger partial charge in [-0.2, -0.15) is 0 Å². The van der Waals surface area contributed by atoms with Crippen molar-refractivity contribution in [1.82, 2.24) is 0 Å². The summed E-state index contributed by atoms with van der Waals surface area (Å²) in [5, 5.41) is 11.9. The molecule has 0 bridgehead atoms. The normalized spacial score (nSPS) is 10.2. The lowest BCUT2D eigenvalue weighted by molar-refractivity contribution is -0.113. The first-order valence-electron chi connectivity index (χ1n) is 5.44. The average Bonchev–Trinajstić information content (AvgIpc) is 2.34. The molecule has 0 saturated carbocycles. The van der Waals surface area contributed by atoms with Crippen molar-refractivity contribution in [2.24, 2.45) is 0 Å². The first-order valence-corrected chi connectivity index (χ1v) is 6.97. The van der Waals surface area contributed by atoms with Crippen LogP contribution >= 0.6 is 23.4 Å². The van der Waals surface area contributed by atoms with Gasteiger partial charge in [-0.3, -0.25) is 4.79 Å². The van der Waals surface area contributed by atoms with Gasteiger partial charge >= 0.3 is 5.97 Å². The number of hydrogen-bond acceptors (Lipinski definition) is 4. The van der Waals surface area contributed by atoms with E-state index in [1.54, 1.807) is 7.11 Å². The molecule has 0 atom stereocenters. The Bertz CT molecular complexity index is 467. The van der Waals surface area contributed by atoms with Gasteiger partial charge in [-0.1, -0.05) is 11.6 Å². The molecule has 2 N–H and O–H groups in total. The van der Waals surface area contributed by atoms with Gasteiger partial charge < -0.3 is 15.2 Å². The minimum Gasteiger partial charge on any atom is -0.478 e. The highest BCUT2D eigenvalue weighted by atomic mass is 35.5. The molecule has 0 radical (unpaired) electrons. The maximum Gasteiger partial charge on any atom is 0.337 e. The summed E-state index contributed by atoms with van der Waals surface area (Å²) in [6.45, 7) is 0.565. The second-order valence-electron chi connectivity index (χ2n) is 3.59. The lowest BCUT2D eigenvalue weighted by atomic mass is 10.2. The van der Waals surface area contributed by atoms with Crippen LogP contribution < -0.4 is 5.32 Å². The van der Waals surface area contributed by atoms with Gasteiger partial charge in [-0.25, -0.2) is 4.79 Å². The SMILES string of the molecule is COCCSCC(=O)Nc1cc(Cl)ccc1C(=O)O. The van der Waals surface area contributed by atoms with Crippen molar-refractivity contribution in [3.8, 4) is 0 Å². The Morgan fingerprint density at radius 3 is 2.84 bits per heavy atom. The number of ether oxygens (including phenoxy) is 1. The predicted octanol–water partition coefficient (Wildman–Crippen LogP) is 2.36. The van der Waals surface area contributed by atoms with Gasteiger partial charge in [-0.05, 0) is 18.2 Å². The molecule has 0 aliphatic rings. The summed E-state index contributed by atoms with van der Waals surface area (Å²) >= 11 is 7.19. The fourth-order valence-corrected chi connectivity index (χ4v) is 2.16. The Morgan fingerprint density at radius 1 is 1.47 bits per heavy atom. The van der Waals surface area contributed by atoms with Crippen LogP contribution in [-0.2, 0) is 9.53 Å². The molecule has 0 saturated heterocycles. The van der Waals surface area contributed by atoms with Gasteiger partial charge in [-0.15, -0.1) is 11.8 Å². The Balaban J connectivity index is 2.62. The monoisotopic (exact) mass is 303 g/mol. The van der Waals surface area contributed by atoms with Crippen LogP contribution in [0.25, 0.3) is 0 Å². The molecule has 0 unspecified atom stereocenters. The Hall–Kier alpha value is -1.24. The summed E-state index contributed by atoms with van der Waals surface area (Å²) in [5.74, 6) is -0.454. The van der Waals surface area contributed by atoms with E-state index in [4.69, 9.17) is 21.4 Å². The molecule has 1 aromatic carbocycles. The smallest absolute Gasteiger partial charge is 0.337 e. The largest absolute Gasteiger partial charge is 0.478 e. The number of carbonyl (C=O) groups excluding carboxylic acids is 1. The summed E-state index contributed by atoms with van der Waals surface area (Å²) < 4.78 is 4.86. The number of carboxylic acids is 1. The molecule has 0 aliphatic heterocycles. The van der Waals surface area contributed by atoms with Gasteiger partial charge in [0.25, 0.3) is 0 Å². The van der Waals surface area contributed by atoms with Gasteiger partial charge in [0.15, 0.2) is 0 Å². The van der Waals surface area contributed by atoms with Crippen LogP contribution in [0.2, 0.25) is 5.02 Å². The van der Waals surface area contributed by atoms with Crippen molar-refractivity contribution in [3.63, 3.8) is 0 Å². The van der Waals surface area contributed by atoms with Crippen LogP contribution in [0.5, 0.6) is 0 Å². The highest BCUT2D eigenvalue weighted by molar-refractivity contribution is 7.99. The third kappa shape index (κ3) is 5.50. The Morgan fingerprint density at radius 2 is 2.21 bits per heavy atom. The summed E-state index contributed by atoms with van der Waals surface area (Å²) in [5.41, 5.74) is 0.219. The van der Waals surface area contributed by atoms with Crippen LogP contribution in [-0.4, -0.2) is 42.2 Å². The van der Waals surface area contributed by atoms with E-state index in [0.29, 0.717) is 17.4 Å². The summed E-state index contributed by atoms with van der Waals surface area (Å²) in [7, 11) is 1.59. The topological polar surface area (TPSA) is 75.6 Å². The molecule has 19 heavy (non-hydrogen) atoms. The minimum absolute atomic E-state index is 0.0136. The molecule has 0 aromatic heterocycles.